The molecule has 2 nitrogen and oxygen atoms in total. The van der Waals surface area contributed by atoms with Gasteiger partial charge in [0.15, 0.2) is 0 Å². The Morgan fingerprint density at radius 1 is 1.39 bits per heavy atom. The Morgan fingerprint density at radius 2 is 2.11 bits per heavy atom. The van der Waals surface area contributed by atoms with Gasteiger partial charge < -0.3 is 10.2 Å². The summed E-state index contributed by atoms with van der Waals surface area (Å²) in [5, 5.41) is 4.26. The van der Waals surface area contributed by atoms with E-state index in [0.717, 1.165) is 18.1 Å². The van der Waals surface area contributed by atoms with Crippen LogP contribution in [-0.4, -0.2) is 26.2 Å². The lowest BCUT2D eigenvalue weighted by Gasteiger charge is -2.45. The highest BCUT2D eigenvalue weighted by atomic mass is 35.5. The molecule has 0 radical (unpaired) electrons. The largest absolute Gasteiger partial charge is 0.371 e. The Labute approximate surface area is 115 Å². The molecule has 1 aromatic rings. The first-order valence-electron chi connectivity index (χ1n) is 6.62. The minimum absolute atomic E-state index is 0.291. The number of anilines is 1. The van der Waals surface area contributed by atoms with Gasteiger partial charge in [0.05, 0.1) is 0 Å². The predicted molar refractivity (Wildman–Crippen MR) is 79.6 cm³/mol. The maximum Gasteiger partial charge on any atom is 0.0410 e. The van der Waals surface area contributed by atoms with E-state index in [-0.39, 0.29) is 0 Å². The number of benzene rings is 1. The number of hydrogen-bond acceptors (Lipinski definition) is 2. The predicted octanol–water partition coefficient (Wildman–Crippen LogP) is 3.47. The number of piperidine rings is 1. The molecule has 1 heterocycles. The zero-order chi connectivity index (χ0) is 13.3. The lowest BCUT2D eigenvalue weighted by Crippen LogP contribution is -2.53. The molecule has 1 aromatic carbocycles. The number of halogens is 1. The van der Waals surface area contributed by atoms with Crippen LogP contribution in [0.4, 0.5) is 5.69 Å². The monoisotopic (exact) mass is 266 g/mol. The van der Waals surface area contributed by atoms with Gasteiger partial charge in [-0.2, -0.15) is 0 Å². The number of hydrogen-bond donors (Lipinski definition) is 1. The molecule has 0 amide bonds. The second-order valence-electron chi connectivity index (χ2n) is 5.97. The topological polar surface area (TPSA) is 15.3 Å². The Morgan fingerprint density at radius 3 is 2.67 bits per heavy atom. The molecule has 0 bridgehead atoms. The molecular weight excluding hydrogens is 244 g/mol. The minimum Gasteiger partial charge on any atom is -0.371 e. The van der Waals surface area contributed by atoms with Crippen LogP contribution in [0.1, 0.15) is 25.8 Å². The second kappa shape index (κ2) is 5.10. The fourth-order valence-corrected chi connectivity index (χ4v) is 3.30. The molecule has 2 rings (SSSR count). The van der Waals surface area contributed by atoms with E-state index in [2.05, 4.69) is 44.1 Å². The summed E-state index contributed by atoms with van der Waals surface area (Å²) in [4.78, 5) is 2.49. The maximum atomic E-state index is 6.03. The van der Waals surface area contributed by atoms with Crippen LogP contribution in [0.2, 0.25) is 5.02 Å². The zero-order valence-corrected chi connectivity index (χ0v) is 12.5. The Hall–Kier alpha value is -0.730. The highest BCUT2D eigenvalue weighted by Gasteiger charge is 2.35. The summed E-state index contributed by atoms with van der Waals surface area (Å²) in [6.07, 6.45) is 1.19. The number of aryl methyl sites for hydroxylation is 1. The molecule has 3 heteroatoms. The van der Waals surface area contributed by atoms with Crippen molar-refractivity contribution >= 4 is 17.3 Å². The molecule has 1 atom stereocenters. The van der Waals surface area contributed by atoms with Gasteiger partial charge in [0.1, 0.15) is 0 Å². The molecule has 0 aromatic heterocycles. The molecule has 1 aliphatic heterocycles. The van der Waals surface area contributed by atoms with Gasteiger partial charge in [0.2, 0.25) is 0 Å². The fraction of sp³-hybridized carbons (Fsp3) is 0.600. The van der Waals surface area contributed by atoms with Gasteiger partial charge >= 0.3 is 0 Å². The summed E-state index contributed by atoms with van der Waals surface area (Å²) in [5.74, 6) is 0. The van der Waals surface area contributed by atoms with Gasteiger partial charge in [-0.15, -0.1) is 0 Å². The lowest BCUT2D eigenvalue weighted by molar-refractivity contribution is 0.215. The number of nitrogens with zero attached hydrogens (tertiary/aromatic N) is 1. The number of nitrogens with one attached hydrogen (secondary N) is 1. The highest BCUT2D eigenvalue weighted by molar-refractivity contribution is 6.30. The van der Waals surface area contributed by atoms with E-state index < -0.39 is 0 Å². The summed E-state index contributed by atoms with van der Waals surface area (Å²) >= 11 is 6.03. The van der Waals surface area contributed by atoms with E-state index >= 15 is 0 Å². The molecule has 1 saturated heterocycles. The van der Waals surface area contributed by atoms with Crippen LogP contribution in [0.25, 0.3) is 0 Å². The van der Waals surface area contributed by atoms with Crippen molar-refractivity contribution in [3.05, 3.63) is 28.8 Å². The third-order valence-corrected chi connectivity index (χ3v) is 4.31. The molecule has 1 N–H and O–H groups in total. The van der Waals surface area contributed by atoms with Gasteiger partial charge in [-0.25, -0.2) is 0 Å². The van der Waals surface area contributed by atoms with Crippen LogP contribution >= 0.6 is 11.6 Å². The average Bonchev–Trinajstić information content (AvgIpc) is 2.27. The van der Waals surface area contributed by atoms with Crippen molar-refractivity contribution < 1.29 is 0 Å². The molecule has 0 aliphatic carbocycles. The van der Waals surface area contributed by atoms with Crippen LogP contribution in [0.5, 0.6) is 0 Å². The summed E-state index contributed by atoms with van der Waals surface area (Å²) in [6, 6.07) is 6.78. The Kier molecular flexibility index (Phi) is 3.88. The van der Waals surface area contributed by atoms with Gasteiger partial charge in [-0.3, -0.25) is 0 Å². The molecule has 0 spiro atoms. The van der Waals surface area contributed by atoms with Crippen molar-refractivity contribution in [1.82, 2.24) is 5.32 Å². The minimum atomic E-state index is 0.291. The average molecular weight is 267 g/mol. The zero-order valence-electron chi connectivity index (χ0n) is 11.8. The Balaban J connectivity index is 2.21. The van der Waals surface area contributed by atoms with E-state index in [0.29, 0.717) is 11.5 Å². The molecular formula is C15H23ClN2. The molecule has 1 unspecified atom stereocenters. The summed E-state index contributed by atoms with van der Waals surface area (Å²) in [5.41, 5.74) is 2.88. The molecule has 1 fully saturated rings. The van der Waals surface area contributed by atoms with E-state index in [9.17, 15) is 0 Å². The molecule has 100 valence electrons. The van der Waals surface area contributed by atoms with Gasteiger partial charge in [0, 0.05) is 29.8 Å². The van der Waals surface area contributed by atoms with Gasteiger partial charge in [0.25, 0.3) is 0 Å². The third kappa shape index (κ3) is 2.65. The smallest absolute Gasteiger partial charge is 0.0410 e. The molecule has 0 saturated carbocycles. The van der Waals surface area contributed by atoms with Crippen molar-refractivity contribution in [3.63, 3.8) is 0 Å². The van der Waals surface area contributed by atoms with Crippen LogP contribution in [0.3, 0.4) is 0 Å². The maximum absolute atomic E-state index is 6.03. The van der Waals surface area contributed by atoms with Crippen molar-refractivity contribution in [2.45, 2.75) is 33.2 Å². The Bertz CT molecular complexity index is 429. The van der Waals surface area contributed by atoms with Crippen molar-refractivity contribution in [2.75, 3.05) is 25.0 Å². The van der Waals surface area contributed by atoms with Crippen molar-refractivity contribution in [2.24, 2.45) is 5.41 Å². The SMILES string of the molecule is CNC1CCN(c2ccc(Cl)cc2C)CC1(C)C. The van der Waals surface area contributed by atoms with E-state index in [1.807, 2.05) is 12.1 Å². The third-order valence-electron chi connectivity index (χ3n) is 4.08. The summed E-state index contributed by atoms with van der Waals surface area (Å²) < 4.78 is 0. The standard InChI is InChI=1S/C15H23ClN2/c1-11-9-12(16)5-6-13(11)18-8-7-14(17-4)15(2,3)10-18/h5-6,9,14,17H,7-8,10H2,1-4H3. The van der Waals surface area contributed by atoms with E-state index in [1.165, 1.54) is 17.7 Å². The van der Waals surface area contributed by atoms with Crippen molar-refractivity contribution in [3.8, 4) is 0 Å². The molecule has 18 heavy (non-hydrogen) atoms. The fourth-order valence-electron chi connectivity index (χ4n) is 3.07. The van der Waals surface area contributed by atoms with Crippen LogP contribution in [0.15, 0.2) is 18.2 Å². The highest BCUT2D eigenvalue weighted by Crippen LogP contribution is 2.33. The number of rotatable bonds is 2. The van der Waals surface area contributed by atoms with Gasteiger partial charge in [-0.05, 0) is 49.6 Å². The first-order valence-corrected chi connectivity index (χ1v) is 7.00. The van der Waals surface area contributed by atoms with E-state index in [4.69, 9.17) is 11.6 Å². The summed E-state index contributed by atoms with van der Waals surface area (Å²) in [7, 11) is 2.07. The quantitative estimate of drug-likeness (QED) is 0.882. The second-order valence-corrected chi connectivity index (χ2v) is 6.41. The lowest BCUT2D eigenvalue weighted by atomic mass is 9.79. The first-order chi connectivity index (χ1) is 8.44. The summed E-state index contributed by atoms with van der Waals surface area (Å²) in [6.45, 7) is 9.01. The molecule has 1 aliphatic rings. The van der Waals surface area contributed by atoms with Gasteiger partial charge in [-0.1, -0.05) is 25.4 Å². The normalized spacial score (nSPS) is 23.2. The van der Waals surface area contributed by atoms with Crippen LogP contribution in [-0.2, 0) is 0 Å². The van der Waals surface area contributed by atoms with E-state index in [1.54, 1.807) is 0 Å². The van der Waals surface area contributed by atoms with Crippen molar-refractivity contribution in [1.29, 1.82) is 0 Å². The van der Waals surface area contributed by atoms with Crippen LogP contribution in [0, 0.1) is 12.3 Å². The van der Waals surface area contributed by atoms with Crippen LogP contribution < -0.4 is 10.2 Å². The first kappa shape index (κ1) is 13.7.